The van der Waals surface area contributed by atoms with Gasteiger partial charge in [-0.3, -0.25) is 4.79 Å². The van der Waals surface area contributed by atoms with Crippen molar-refractivity contribution in [2.75, 3.05) is 6.54 Å². The first-order chi connectivity index (χ1) is 11.6. The second-order valence-corrected chi connectivity index (χ2v) is 8.48. The van der Waals surface area contributed by atoms with Gasteiger partial charge >= 0.3 is 0 Å². The summed E-state index contributed by atoms with van der Waals surface area (Å²) in [6, 6.07) is 11.2. The van der Waals surface area contributed by atoms with E-state index in [1.807, 2.05) is 11.0 Å². The van der Waals surface area contributed by atoms with Crippen LogP contribution in [0.5, 0.6) is 0 Å². The van der Waals surface area contributed by atoms with Crippen LogP contribution in [0.15, 0.2) is 47.2 Å². The van der Waals surface area contributed by atoms with E-state index in [1.165, 1.54) is 15.3 Å². The van der Waals surface area contributed by atoms with Gasteiger partial charge in [0.1, 0.15) is 0 Å². The molecule has 1 amide bonds. The highest BCUT2D eigenvalue weighted by Gasteiger charge is 2.34. The zero-order valence-corrected chi connectivity index (χ0v) is 15.7. The maximum absolute atomic E-state index is 13.2. The fourth-order valence-electron chi connectivity index (χ4n) is 3.13. The number of rotatable bonds is 2. The molecule has 3 heterocycles. The summed E-state index contributed by atoms with van der Waals surface area (Å²) in [5.74, 6) is -0.0327. The van der Waals surface area contributed by atoms with E-state index < -0.39 is 0 Å². The maximum atomic E-state index is 13.2. The zero-order valence-electron chi connectivity index (χ0n) is 12.5. The Balaban J connectivity index is 1.77. The van der Waals surface area contributed by atoms with Crippen LogP contribution < -0.4 is 0 Å². The zero-order chi connectivity index (χ0) is 16.7. The van der Waals surface area contributed by atoms with Gasteiger partial charge in [0.05, 0.1) is 6.04 Å². The Kier molecular flexibility index (Phi) is 4.39. The molecular formula is C18H13Cl2NOS2. The van der Waals surface area contributed by atoms with Crippen molar-refractivity contribution in [3.63, 3.8) is 0 Å². The van der Waals surface area contributed by atoms with Crippen LogP contribution >= 0.6 is 45.9 Å². The van der Waals surface area contributed by atoms with Crippen molar-refractivity contribution in [2.24, 2.45) is 0 Å². The molecule has 0 aliphatic carbocycles. The second kappa shape index (κ2) is 6.52. The van der Waals surface area contributed by atoms with Crippen molar-refractivity contribution in [1.82, 2.24) is 4.90 Å². The predicted octanol–water partition coefficient (Wildman–Crippen LogP) is 5.90. The molecule has 1 unspecified atom stereocenters. The molecule has 4 rings (SSSR count). The smallest absolute Gasteiger partial charge is 0.254 e. The second-order valence-electron chi connectivity index (χ2n) is 5.62. The molecule has 2 aromatic heterocycles. The lowest BCUT2D eigenvalue weighted by Gasteiger charge is -2.35. The number of carbonyl (C=O) groups is 1. The molecule has 1 aliphatic heterocycles. The van der Waals surface area contributed by atoms with Crippen LogP contribution in [0.1, 0.15) is 31.7 Å². The van der Waals surface area contributed by atoms with Crippen molar-refractivity contribution in [1.29, 1.82) is 0 Å². The molecule has 2 nitrogen and oxygen atoms in total. The molecule has 1 atom stereocenters. The molecule has 0 N–H and O–H groups in total. The Morgan fingerprint density at radius 1 is 1.08 bits per heavy atom. The molecular weight excluding hydrogens is 381 g/mol. The third kappa shape index (κ3) is 2.88. The van der Waals surface area contributed by atoms with E-state index in [0.717, 1.165) is 6.42 Å². The number of hydrogen-bond donors (Lipinski definition) is 0. The highest BCUT2D eigenvalue weighted by molar-refractivity contribution is 7.10. The molecule has 3 aromatic rings. The van der Waals surface area contributed by atoms with E-state index in [9.17, 15) is 4.79 Å². The van der Waals surface area contributed by atoms with E-state index in [1.54, 1.807) is 40.9 Å². The first-order valence-corrected chi connectivity index (χ1v) is 10.0. The van der Waals surface area contributed by atoms with Crippen molar-refractivity contribution >= 4 is 51.8 Å². The maximum Gasteiger partial charge on any atom is 0.254 e. The van der Waals surface area contributed by atoms with E-state index in [0.29, 0.717) is 22.2 Å². The Hall–Kier alpha value is -1.33. The topological polar surface area (TPSA) is 20.3 Å². The van der Waals surface area contributed by atoms with Gasteiger partial charge in [0.25, 0.3) is 5.91 Å². The predicted molar refractivity (Wildman–Crippen MR) is 102 cm³/mol. The molecule has 24 heavy (non-hydrogen) atoms. The summed E-state index contributed by atoms with van der Waals surface area (Å²) in [5.41, 5.74) is 1.77. The molecule has 6 heteroatoms. The van der Waals surface area contributed by atoms with Crippen molar-refractivity contribution in [3.8, 4) is 0 Å². The number of benzene rings is 1. The molecule has 0 bridgehead atoms. The summed E-state index contributed by atoms with van der Waals surface area (Å²) in [5, 5.41) is 5.11. The number of halogens is 2. The number of nitrogens with zero attached hydrogens (tertiary/aromatic N) is 1. The van der Waals surface area contributed by atoms with Crippen LogP contribution in [0.25, 0.3) is 0 Å². The number of thiophene rings is 2. The number of fused-ring (bicyclic) bond motifs is 1. The van der Waals surface area contributed by atoms with Gasteiger partial charge in [-0.2, -0.15) is 0 Å². The normalized spacial score (nSPS) is 16.9. The lowest BCUT2D eigenvalue weighted by molar-refractivity contribution is 0.0699. The van der Waals surface area contributed by atoms with Crippen molar-refractivity contribution < 1.29 is 4.79 Å². The average Bonchev–Trinajstić information content (AvgIpc) is 3.23. The summed E-state index contributed by atoms with van der Waals surface area (Å²) in [4.78, 5) is 17.6. The Bertz CT molecular complexity index is 868. The Morgan fingerprint density at radius 3 is 2.58 bits per heavy atom. The highest BCUT2D eigenvalue weighted by Crippen LogP contribution is 2.40. The first kappa shape index (κ1) is 16.2. The van der Waals surface area contributed by atoms with Crippen LogP contribution in [0.3, 0.4) is 0 Å². The van der Waals surface area contributed by atoms with Gasteiger partial charge in [-0.15, -0.1) is 22.7 Å². The van der Waals surface area contributed by atoms with E-state index in [4.69, 9.17) is 23.2 Å². The van der Waals surface area contributed by atoms with Gasteiger partial charge in [0, 0.05) is 31.9 Å². The number of hydrogen-bond acceptors (Lipinski definition) is 3. The quantitative estimate of drug-likeness (QED) is 0.530. The number of carbonyl (C=O) groups excluding carboxylic acids is 1. The molecule has 0 saturated carbocycles. The van der Waals surface area contributed by atoms with E-state index in [-0.39, 0.29) is 11.9 Å². The van der Waals surface area contributed by atoms with Gasteiger partial charge in [-0.1, -0.05) is 29.3 Å². The summed E-state index contributed by atoms with van der Waals surface area (Å²) < 4.78 is 0. The SMILES string of the molecule is O=C(c1cc(Cl)cc(Cl)c1)N1CCc2sccc2C1c1cccs1. The fourth-order valence-corrected chi connectivity index (χ4v) is 5.42. The lowest BCUT2D eigenvalue weighted by Crippen LogP contribution is -2.39. The first-order valence-electron chi connectivity index (χ1n) is 7.50. The minimum atomic E-state index is -0.0368. The monoisotopic (exact) mass is 393 g/mol. The lowest BCUT2D eigenvalue weighted by atomic mass is 9.97. The minimum absolute atomic E-state index is 0.0327. The van der Waals surface area contributed by atoms with Crippen LogP contribution in [-0.4, -0.2) is 17.4 Å². The largest absolute Gasteiger partial charge is 0.326 e. The molecule has 1 aliphatic rings. The van der Waals surface area contributed by atoms with Crippen LogP contribution in [0, 0.1) is 0 Å². The summed E-state index contributed by atoms with van der Waals surface area (Å²) >= 11 is 15.6. The van der Waals surface area contributed by atoms with Crippen LogP contribution in [0.4, 0.5) is 0 Å². The Morgan fingerprint density at radius 2 is 1.88 bits per heavy atom. The third-order valence-corrected chi connectivity index (χ3v) is 6.51. The molecule has 122 valence electrons. The van der Waals surface area contributed by atoms with Gasteiger partial charge in [0.15, 0.2) is 0 Å². The number of amides is 1. The summed E-state index contributed by atoms with van der Waals surface area (Å²) in [6.07, 6.45) is 0.884. The molecule has 1 aromatic carbocycles. The third-order valence-electron chi connectivity index (χ3n) is 4.15. The fraction of sp³-hybridized carbons (Fsp3) is 0.167. The van der Waals surface area contributed by atoms with E-state index in [2.05, 4.69) is 22.9 Å². The van der Waals surface area contributed by atoms with Crippen LogP contribution in [0.2, 0.25) is 10.0 Å². The molecule has 0 spiro atoms. The Labute approximate surface area is 158 Å². The standard InChI is InChI=1S/C18H13Cl2NOS2/c19-12-8-11(9-13(20)10-12)18(22)21-5-3-15-14(4-7-24-15)17(21)16-2-1-6-23-16/h1-2,4,6-10,17H,3,5H2. The summed E-state index contributed by atoms with van der Waals surface area (Å²) in [7, 11) is 0. The van der Waals surface area contributed by atoms with Crippen LogP contribution in [-0.2, 0) is 6.42 Å². The van der Waals surface area contributed by atoms with E-state index >= 15 is 0 Å². The minimum Gasteiger partial charge on any atom is -0.326 e. The van der Waals surface area contributed by atoms with Crippen molar-refractivity contribution in [3.05, 3.63) is 78.1 Å². The average molecular weight is 394 g/mol. The van der Waals surface area contributed by atoms with Gasteiger partial charge < -0.3 is 4.90 Å². The highest BCUT2D eigenvalue weighted by atomic mass is 35.5. The van der Waals surface area contributed by atoms with Gasteiger partial charge in [-0.05, 0) is 53.1 Å². The molecule has 0 radical (unpaired) electrons. The van der Waals surface area contributed by atoms with Gasteiger partial charge in [-0.25, -0.2) is 0 Å². The van der Waals surface area contributed by atoms with Crippen molar-refractivity contribution in [2.45, 2.75) is 12.5 Å². The summed E-state index contributed by atoms with van der Waals surface area (Å²) in [6.45, 7) is 0.693. The molecule has 0 saturated heterocycles. The van der Waals surface area contributed by atoms with Gasteiger partial charge in [0.2, 0.25) is 0 Å². The molecule has 0 fully saturated rings.